The van der Waals surface area contributed by atoms with E-state index in [1.54, 1.807) is 11.3 Å². The molecule has 0 saturated heterocycles. The van der Waals surface area contributed by atoms with Crippen molar-refractivity contribution in [2.24, 2.45) is 0 Å². The molecular weight excluding hydrogens is 921 g/mol. The molecule has 3 aromatic heterocycles. The Bertz CT molecular complexity index is 4250. The molecule has 0 spiro atoms. The standard InChI is InChI=1S/C64H46N4O2S2/c1-63(2)48-24-14-11-21-44(48)57(45-22-12-15-25-49(45)63)42-29-34-56-51(37-42)64(3,4)50-36-41(28-33-55(50)72(56,69)70)40-27-31-52-47(35-40)43-30-32-54-58(46-23-13-16-26-53(46)71-54)59(43)68(52)62-66-60(38-17-7-5-8-18-38)65-61(67-62)39-19-9-6-10-20-39/h5-37,57H,1-4H3. The van der Waals surface area contributed by atoms with Gasteiger partial charge in [-0.2, -0.15) is 9.97 Å². The Morgan fingerprint density at radius 3 is 1.69 bits per heavy atom. The molecule has 1 aliphatic heterocycles. The first-order valence-electron chi connectivity index (χ1n) is 24.5. The number of aromatic nitrogens is 4. The minimum atomic E-state index is -3.85. The topological polar surface area (TPSA) is 77.7 Å². The second kappa shape index (κ2) is 15.5. The molecule has 6 nitrogen and oxygen atoms in total. The number of hydrogen-bond donors (Lipinski definition) is 0. The normalized spacial score (nSPS) is 15.3. The van der Waals surface area contributed by atoms with Crippen molar-refractivity contribution in [3.05, 3.63) is 239 Å². The van der Waals surface area contributed by atoms with Crippen molar-refractivity contribution in [1.82, 2.24) is 19.5 Å². The van der Waals surface area contributed by atoms with Crippen molar-refractivity contribution in [1.29, 1.82) is 0 Å². The zero-order valence-electron chi connectivity index (χ0n) is 40.1. The Hall–Kier alpha value is -8.04. The first-order chi connectivity index (χ1) is 35.0. The highest BCUT2D eigenvalue weighted by atomic mass is 32.2. The molecule has 0 unspecified atom stereocenters. The van der Waals surface area contributed by atoms with Gasteiger partial charge in [0.25, 0.3) is 0 Å². The second-order valence-electron chi connectivity index (χ2n) is 20.3. The summed E-state index contributed by atoms with van der Waals surface area (Å²) in [5, 5.41) is 4.44. The Balaban J connectivity index is 0.954. The van der Waals surface area contributed by atoms with Crippen LogP contribution < -0.4 is 0 Å². The zero-order valence-corrected chi connectivity index (χ0v) is 41.7. The Kier molecular flexibility index (Phi) is 9.20. The molecule has 0 saturated carbocycles. The molecule has 14 rings (SSSR count). The van der Waals surface area contributed by atoms with Gasteiger partial charge in [0.15, 0.2) is 11.6 Å². The van der Waals surface area contributed by atoms with Crippen LogP contribution in [0.1, 0.15) is 72.6 Å². The lowest BCUT2D eigenvalue weighted by atomic mass is 9.63. The van der Waals surface area contributed by atoms with E-state index in [0.29, 0.717) is 27.4 Å². The van der Waals surface area contributed by atoms with Gasteiger partial charge in [-0.1, -0.05) is 185 Å². The van der Waals surface area contributed by atoms with Crippen LogP contribution in [0.15, 0.2) is 210 Å². The SMILES string of the molecule is CC1(C)c2ccccc2C(c2ccc3c(c2)C(C)(C)c2cc(-c4ccc5c(c4)c4ccc6sc7ccccc7c6c4n5-c4nc(-c5ccccc5)nc(-c5ccccc5)n4)ccc2S3(=O)=O)c2ccccc21. The summed E-state index contributed by atoms with van der Waals surface area (Å²) in [5.74, 6) is 1.66. The predicted molar refractivity (Wildman–Crippen MR) is 293 cm³/mol. The maximum absolute atomic E-state index is 14.8. The fourth-order valence-electron chi connectivity index (χ4n) is 12.1. The van der Waals surface area contributed by atoms with Crippen LogP contribution in [-0.4, -0.2) is 27.9 Å². The van der Waals surface area contributed by atoms with E-state index in [9.17, 15) is 8.42 Å². The van der Waals surface area contributed by atoms with E-state index in [4.69, 9.17) is 15.0 Å². The minimum Gasteiger partial charge on any atom is -0.277 e. The third-order valence-electron chi connectivity index (χ3n) is 15.6. The van der Waals surface area contributed by atoms with Crippen LogP contribution >= 0.6 is 11.3 Å². The smallest absolute Gasteiger partial charge is 0.238 e. The number of rotatable bonds is 5. The Morgan fingerprint density at radius 2 is 1.01 bits per heavy atom. The molecule has 0 atom stereocenters. The summed E-state index contributed by atoms with van der Waals surface area (Å²) in [4.78, 5) is 16.3. The molecule has 72 heavy (non-hydrogen) atoms. The summed E-state index contributed by atoms with van der Waals surface area (Å²) in [5.41, 5.74) is 12.7. The van der Waals surface area contributed by atoms with Crippen LogP contribution in [-0.2, 0) is 20.7 Å². The number of hydrogen-bond acceptors (Lipinski definition) is 6. The van der Waals surface area contributed by atoms with E-state index in [2.05, 4.69) is 148 Å². The molecule has 2 aliphatic rings. The average molecular weight is 967 g/mol. The summed E-state index contributed by atoms with van der Waals surface area (Å²) in [7, 11) is -3.85. The number of fused-ring (bicyclic) bond motifs is 11. The number of thiophene rings is 1. The first-order valence-corrected chi connectivity index (χ1v) is 26.8. The fourth-order valence-corrected chi connectivity index (χ4v) is 15.1. The van der Waals surface area contributed by atoms with Crippen LogP contribution in [0.2, 0.25) is 0 Å². The number of sulfone groups is 1. The monoisotopic (exact) mass is 966 g/mol. The van der Waals surface area contributed by atoms with Gasteiger partial charge in [0.2, 0.25) is 15.8 Å². The molecule has 1 aliphatic carbocycles. The van der Waals surface area contributed by atoms with Gasteiger partial charge >= 0.3 is 0 Å². The highest BCUT2D eigenvalue weighted by Crippen LogP contribution is 2.53. The van der Waals surface area contributed by atoms with E-state index < -0.39 is 15.3 Å². The van der Waals surface area contributed by atoms with Crippen molar-refractivity contribution >= 4 is 63.2 Å². The second-order valence-corrected chi connectivity index (χ2v) is 23.3. The lowest BCUT2D eigenvalue weighted by Crippen LogP contribution is -2.31. The summed E-state index contributed by atoms with van der Waals surface area (Å²) in [6.45, 7) is 8.95. The number of nitrogens with zero attached hydrogens (tertiary/aromatic N) is 4. The molecule has 0 radical (unpaired) electrons. The highest BCUT2D eigenvalue weighted by Gasteiger charge is 2.43. The maximum atomic E-state index is 14.8. The van der Waals surface area contributed by atoms with Gasteiger partial charge in [-0.25, -0.2) is 13.4 Å². The molecule has 0 N–H and O–H groups in total. The van der Waals surface area contributed by atoms with Gasteiger partial charge in [-0.3, -0.25) is 4.57 Å². The average Bonchev–Trinajstić information content (AvgIpc) is 3.96. The van der Waals surface area contributed by atoms with Gasteiger partial charge in [-0.05, 0) is 92.5 Å². The quantitative estimate of drug-likeness (QED) is 0.172. The van der Waals surface area contributed by atoms with Gasteiger partial charge in [-0.15, -0.1) is 11.3 Å². The lowest BCUT2D eigenvalue weighted by molar-refractivity contribution is 0.554. The highest BCUT2D eigenvalue weighted by molar-refractivity contribution is 7.91. The lowest BCUT2D eigenvalue weighted by Gasteiger charge is -2.40. The van der Waals surface area contributed by atoms with Gasteiger partial charge in [0, 0.05) is 58.8 Å². The molecule has 0 fully saturated rings. The number of benzene rings is 9. The summed E-state index contributed by atoms with van der Waals surface area (Å²) in [6, 6.07) is 69.3. The Labute approximate surface area is 421 Å². The molecule has 4 heterocycles. The van der Waals surface area contributed by atoms with E-state index in [1.165, 1.54) is 37.0 Å². The molecule has 346 valence electrons. The van der Waals surface area contributed by atoms with Crippen molar-refractivity contribution < 1.29 is 8.42 Å². The van der Waals surface area contributed by atoms with Gasteiger partial charge in [0.05, 0.1) is 20.8 Å². The van der Waals surface area contributed by atoms with E-state index in [1.807, 2.05) is 84.9 Å². The van der Waals surface area contributed by atoms with Crippen LogP contribution in [0.4, 0.5) is 0 Å². The largest absolute Gasteiger partial charge is 0.277 e. The Morgan fingerprint density at radius 1 is 0.458 bits per heavy atom. The zero-order chi connectivity index (χ0) is 48.7. The van der Waals surface area contributed by atoms with E-state index in [0.717, 1.165) is 66.1 Å². The van der Waals surface area contributed by atoms with Crippen molar-refractivity contribution in [3.63, 3.8) is 0 Å². The molecular formula is C64H46N4O2S2. The molecule has 12 aromatic rings. The van der Waals surface area contributed by atoms with Crippen LogP contribution in [0.5, 0.6) is 0 Å². The first kappa shape index (κ1) is 42.8. The summed E-state index contributed by atoms with van der Waals surface area (Å²) < 4.78 is 34.3. The fraction of sp³-hybridized carbons (Fsp3) is 0.109. The molecule has 0 amide bonds. The van der Waals surface area contributed by atoms with Crippen LogP contribution in [0.25, 0.3) is 81.8 Å². The third kappa shape index (κ3) is 6.18. The molecule has 8 heteroatoms. The maximum Gasteiger partial charge on any atom is 0.238 e. The summed E-state index contributed by atoms with van der Waals surface area (Å²) >= 11 is 1.79. The van der Waals surface area contributed by atoms with Crippen molar-refractivity contribution in [2.75, 3.05) is 0 Å². The van der Waals surface area contributed by atoms with Crippen molar-refractivity contribution in [3.8, 4) is 39.9 Å². The van der Waals surface area contributed by atoms with E-state index >= 15 is 0 Å². The predicted octanol–water partition coefficient (Wildman–Crippen LogP) is 15.6. The molecule has 0 bridgehead atoms. The summed E-state index contributed by atoms with van der Waals surface area (Å²) in [6.07, 6.45) is 0. The van der Waals surface area contributed by atoms with Gasteiger partial charge in [0.1, 0.15) is 0 Å². The van der Waals surface area contributed by atoms with Crippen molar-refractivity contribution in [2.45, 2.75) is 54.2 Å². The van der Waals surface area contributed by atoms with Crippen LogP contribution in [0.3, 0.4) is 0 Å². The van der Waals surface area contributed by atoms with E-state index in [-0.39, 0.29) is 11.3 Å². The van der Waals surface area contributed by atoms with Crippen LogP contribution in [0, 0.1) is 0 Å². The molecule has 9 aromatic carbocycles. The minimum absolute atomic E-state index is 0.0449. The van der Waals surface area contributed by atoms with Gasteiger partial charge < -0.3 is 0 Å². The third-order valence-corrected chi connectivity index (χ3v) is 18.6.